The van der Waals surface area contributed by atoms with Crippen LogP contribution >= 0.6 is 11.3 Å². The zero-order valence-corrected chi connectivity index (χ0v) is 19.9. The van der Waals surface area contributed by atoms with Gasteiger partial charge in [-0.3, -0.25) is 9.36 Å². The maximum atomic E-state index is 13.6. The standard InChI is InChI=1S/C26H24N2O5S/c1-5-13-33-25(30)22-16(2)27-26-28(23(22)18-9-11-19(31-3)12-10-18)24(29)21(34-26)15-17-7-6-8-20(14-17)32-4/h5-12,14-15,23H,1,13H2,2-4H3/b21-15-/t23-/m1/s1. The molecule has 0 unspecified atom stereocenters. The molecule has 0 aliphatic carbocycles. The van der Waals surface area contributed by atoms with Gasteiger partial charge in [0, 0.05) is 0 Å². The van der Waals surface area contributed by atoms with Crippen molar-refractivity contribution in [2.75, 3.05) is 20.8 Å². The molecule has 1 atom stereocenters. The fourth-order valence-corrected chi connectivity index (χ4v) is 4.83. The molecular formula is C26H24N2O5S. The molecule has 7 nitrogen and oxygen atoms in total. The van der Waals surface area contributed by atoms with Gasteiger partial charge in [-0.2, -0.15) is 0 Å². The van der Waals surface area contributed by atoms with E-state index in [2.05, 4.69) is 11.6 Å². The number of rotatable bonds is 7. The topological polar surface area (TPSA) is 79.1 Å². The molecule has 2 heterocycles. The molecule has 0 bridgehead atoms. The number of ether oxygens (including phenoxy) is 3. The van der Waals surface area contributed by atoms with Crippen molar-refractivity contribution in [2.45, 2.75) is 13.0 Å². The number of methoxy groups -OCH3 is 2. The van der Waals surface area contributed by atoms with E-state index in [-0.39, 0.29) is 12.2 Å². The third-order valence-electron chi connectivity index (χ3n) is 5.40. The first-order chi connectivity index (χ1) is 16.5. The van der Waals surface area contributed by atoms with Crippen molar-refractivity contribution in [3.05, 3.63) is 103 Å². The molecule has 2 aromatic carbocycles. The number of esters is 1. The van der Waals surface area contributed by atoms with Gasteiger partial charge < -0.3 is 14.2 Å². The summed E-state index contributed by atoms with van der Waals surface area (Å²) in [4.78, 5) is 31.7. The van der Waals surface area contributed by atoms with Crippen LogP contribution in [0.25, 0.3) is 6.08 Å². The summed E-state index contributed by atoms with van der Waals surface area (Å²) < 4.78 is 18.0. The highest BCUT2D eigenvalue weighted by molar-refractivity contribution is 7.07. The van der Waals surface area contributed by atoms with Gasteiger partial charge in [0.2, 0.25) is 0 Å². The Morgan fingerprint density at radius 3 is 2.56 bits per heavy atom. The van der Waals surface area contributed by atoms with Gasteiger partial charge in [0.15, 0.2) is 4.80 Å². The molecule has 8 heteroatoms. The second-order valence-corrected chi connectivity index (χ2v) is 8.53. The van der Waals surface area contributed by atoms with Gasteiger partial charge in [0.1, 0.15) is 18.1 Å². The van der Waals surface area contributed by atoms with Gasteiger partial charge in [0.25, 0.3) is 5.56 Å². The lowest BCUT2D eigenvalue weighted by Crippen LogP contribution is -2.39. The van der Waals surface area contributed by atoms with Crippen LogP contribution in [0.1, 0.15) is 24.1 Å². The van der Waals surface area contributed by atoms with E-state index in [1.807, 2.05) is 36.4 Å². The first-order valence-corrected chi connectivity index (χ1v) is 11.4. The number of aromatic nitrogens is 1. The first kappa shape index (κ1) is 23.3. The normalized spacial score (nSPS) is 15.4. The van der Waals surface area contributed by atoms with E-state index in [0.717, 1.165) is 11.1 Å². The van der Waals surface area contributed by atoms with Gasteiger partial charge >= 0.3 is 5.97 Å². The zero-order chi connectivity index (χ0) is 24.2. The number of hydrogen-bond donors (Lipinski definition) is 0. The Labute approximate surface area is 200 Å². The van der Waals surface area contributed by atoms with E-state index in [1.54, 1.807) is 43.9 Å². The predicted octanol–water partition coefficient (Wildman–Crippen LogP) is 2.98. The number of fused-ring (bicyclic) bond motifs is 1. The molecule has 1 aliphatic rings. The molecule has 4 rings (SSSR count). The fraction of sp³-hybridized carbons (Fsp3) is 0.192. The number of benzene rings is 2. The lowest BCUT2D eigenvalue weighted by molar-refractivity contribution is -0.138. The summed E-state index contributed by atoms with van der Waals surface area (Å²) in [6.07, 6.45) is 3.30. The fourth-order valence-electron chi connectivity index (χ4n) is 3.78. The van der Waals surface area contributed by atoms with Crippen molar-refractivity contribution in [1.82, 2.24) is 4.57 Å². The molecule has 3 aromatic rings. The molecule has 0 N–H and O–H groups in total. The largest absolute Gasteiger partial charge is 0.497 e. The smallest absolute Gasteiger partial charge is 0.338 e. The molecule has 174 valence electrons. The molecule has 1 aromatic heterocycles. The number of allylic oxidation sites excluding steroid dienone is 1. The maximum Gasteiger partial charge on any atom is 0.338 e. The van der Waals surface area contributed by atoms with Crippen LogP contribution in [0.2, 0.25) is 0 Å². The average molecular weight is 477 g/mol. The minimum atomic E-state index is -0.688. The van der Waals surface area contributed by atoms with Crippen LogP contribution in [0.3, 0.4) is 0 Å². The number of nitrogens with zero attached hydrogens (tertiary/aromatic N) is 2. The van der Waals surface area contributed by atoms with Crippen molar-refractivity contribution in [1.29, 1.82) is 0 Å². The Bertz CT molecular complexity index is 1450. The Balaban J connectivity index is 1.91. The van der Waals surface area contributed by atoms with Crippen molar-refractivity contribution in [3.8, 4) is 11.5 Å². The highest BCUT2D eigenvalue weighted by atomic mass is 32.1. The molecule has 0 fully saturated rings. The van der Waals surface area contributed by atoms with Gasteiger partial charge in [-0.1, -0.05) is 48.3 Å². The summed E-state index contributed by atoms with van der Waals surface area (Å²) in [5.41, 5.74) is 2.15. The van der Waals surface area contributed by atoms with Crippen LogP contribution in [-0.2, 0) is 9.53 Å². The quantitative estimate of drug-likeness (QED) is 0.387. The number of thiazole rings is 1. The minimum absolute atomic E-state index is 0.0607. The Hall–Kier alpha value is -3.91. The molecule has 0 amide bonds. The Kier molecular flexibility index (Phi) is 6.79. The highest BCUT2D eigenvalue weighted by Crippen LogP contribution is 2.31. The van der Waals surface area contributed by atoms with Crippen molar-refractivity contribution >= 4 is 23.4 Å². The second kappa shape index (κ2) is 9.93. The summed E-state index contributed by atoms with van der Waals surface area (Å²) in [6, 6.07) is 14.0. The molecule has 0 spiro atoms. The van der Waals surface area contributed by atoms with Crippen LogP contribution < -0.4 is 24.4 Å². The summed E-state index contributed by atoms with van der Waals surface area (Å²) in [6.45, 7) is 5.41. The van der Waals surface area contributed by atoms with Crippen molar-refractivity contribution in [3.63, 3.8) is 0 Å². The SMILES string of the molecule is C=CCOC(=O)C1=C(C)N=c2s/c(=C\c3cccc(OC)c3)c(=O)n2[C@@H]1c1ccc(OC)cc1. The first-order valence-electron chi connectivity index (χ1n) is 10.6. The predicted molar refractivity (Wildman–Crippen MR) is 131 cm³/mol. The minimum Gasteiger partial charge on any atom is -0.497 e. The van der Waals surface area contributed by atoms with E-state index >= 15 is 0 Å². The third-order valence-corrected chi connectivity index (χ3v) is 6.38. The van der Waals surface area contributed by atoms with E-state index in [9.17, 15) is 9.59 Å². The van der Waals surface area contributed by atoms with Gasteiger partial charge in [-0.05, 0) is 48.4 Å². The number of carbonyl (C=O) groups is 1. The van der Waals surface area contributed by atoms with Crippen LogP contribution in [0.15, 0.2) is 82.2 Å². The molecule has 0 saturated carbocycles. The molecule has 0 saturated heterocycles. The molecule has 34 heavy (non-hydrogen) atoms. The molecule has 0 radical (unpaired) electrons. The van der Waals surface area contributed by atoms with Crippen LogP contribution in [0.5, 0.6) is 11.5 Å². The van der Waals surface area contributed by atoms with Gasteiger partial charge in [0.05, 0.1) is 36.1 Å². The summed E-state index contributed by atoms with van der Waals surface area (Å²) in [7, 11) is 3.18. The average Bonchev–Trinajstić information content (AvgIpc) is 3.16. The van der Waals surface area contributed by atoms with E-state index < -0.39 is 12.0 Å². The van der Waals surface area contributed by atoms with Gasteiger partial charge in [-0.15, -0.1) is 0 Å². The van der Waals surface area contributed by atoms with E-state index in [1.165, 1.54) is 17.4 Å². The Morgan fingerprint density at radius 2 is 1.88 bits per heavy atom. The monoisotopic (exact) mass is 476 g/mol. The third kappa shape index (κ3) is 4.45. The second-order valence-electron chi connectivity index (χ2n) is 7.52. The van der Waals surface area contributed by atoms with Gasteiger partial charge in [-0.25, -0.2) is 9.79 Å². The molecular weight excluding hydrogens is 452 g/mol. The van der Waals surface area contributed by atoms with Crippen LogP contribution in [-0.4, -0.2) is 31.4 Å². The summed E-state index contributed by atoms with van der Waals surface area (Å²) in [5.74, 6) is 0.829. The van der Waals surface area contributed by atoms with Crippen molar-refractivity contribution in [2.24, 2.45) is 4.99 Å². The Morgan fingerprint density at radius 1 is 1.15 bits per heavy atom. The molecule has 1 aliphatic heterocycles. The lowest BCUT2D eigenvalue weighted by Gasteiger charge is -2.24. The lowest BCUT2D eigenvalue weighted by atomic mass is 9.96. The number of hydrogen-bond acceptors (Lipinski definition) is 7. The summed E-state index contributed by atoms with van der Waals surface area (Å²) >= 11 is 1.27. The van der Waals surface area contributed by atoms with Crippen LogP contribution in [0.4, 0.5) is 0 Å². The van der Waals surface area contributed by atoms with Crippen molar-refractivity contribution < 1.29 is 19.0 Å². The summed E-state index contributed by atoms with van der Waals surface area (Å²) in [5, 5.41) is 0. The number of carbonyl (C=O) groups excluding carboxylic acids is 1. The van der Waals surface area contributed by atoms with Crippen LogP contribution in [0, 0.1) is 0 Å². The maximum absolute atomic E-state index is 13.6. The highest BCUT2D eigenvalue weighted by Gasteiger charge is 2.33. The van der Waals surface area contributed by atoms with E-state index in [4.69, 9.17) is 14.2 Å². The van der Waals surface area contributed by atoms with E-state index in [0.29, 0.717) is 32.1 Å². The zero-order valence-electron chi connectivity index (χ0n) is 19.1.